The Kier molecular flexibility index (Phi) is 11.5. The van der Waals surface area contributed by atoms with Gasteiger partial charge in [-0.2, -0.15) is 0 Å². The van der Waals surface area contributed by atoms with E-state index in [-0.39, 0.29) is 36.9 Å². The maximum atomic E-state index is 15.6. The predicted molar refractivity (Wildman–Crippen MR) is 166 cm³/mol. The fourth-order valence-electron chi connectivity index (χ4n) is 4.48. The number of nitrogens with zero attached hydrogens (tertiary/aromatic N) is 1. The molecule has 0 amide bonds. The average molecular weight is 605 g/mol. The number of carbonyl (C=O) groups is 1. The Morgan fingerprint density at radius 2 is 1.57 bits per heavy atom. The minimum Gasteiger partial charge on any atom is -0.473 e. The topological polar surface area (TPSA) is 98.6 Å². The van der Waals surface area contributed by atoms with Crippen LogP contribution in [-0.2, 0) is 20.8 Å². The molecule has 0 spiro atoms. The van der Waals surface area contributed by atoms with E-state index in [2.05, 4.69) is 17.0 Å². The highest BCUT2D eigenvalue weighted by Gasteiger charge is 2.20. The highest BCUT2D eigenvalue weighted by Crippen LogP contribution is 2.38. The summed E-state index contributed by atoms with van der Waals surface area (Å²) in [5, 5.41) is 11.5. The number of carbonyl (C=O) groups excluding carboxylic acids is 1. The van der Waals surface area contributed by atoms with E-state index in [1.54, 1.807) is 43.3 Å². The number of esters is 1. The molecule has 0 radical (unpaired) electrons. The van der Waals surface area contributed by atoms with Gasteiger partial charge in [0.05, 0.1) is 57.0 Å². The summed E-state index contributed by atoms with van der Waals surface area (Å²) >= 11 is 0. The molecule has 0 aromatic heterocycles. The van der Waals surface area contributed by atoms with E-state index in [0.29, 0.717) is 36.7 Å². The molecular weight excluding hydrogens is 570 g/mol. The van der Waals surface area contributed by atoms with Gasteiger partial charge in [-0.15, -0.1) is 0 Å². The number of aliphatic hydroxyl groups excluding tert-OH is 1. The van der Waals surface area contributed by atoms with Gasteiger partial charge < -0.3 is 29.4 Å². The SMILES string of the molecule is C=Nc1c(NCOc2ccc(C)c(C(=O)OC)c2)cc(F)c(-c2ccc(-c3ccc(COCCOCCO)cc3)cc2)c1F. The second-order valence-electron chi connectivity index (χ2n) is 9.70. The first-order valence-corrected chi connectivity index (χ1v) is 13.9. The lowest BCUT2D eigenvalue weighted by molar-refractivity contribution is 0.0274. The van der Waals surface area contributed by atoms with Gasteiger partial charge in [0, 0.05) is 6.07 Å². The van der Waals surface area contributed by atoms with Crippen LogP contribution in [0.5, 0.6) is 5.75 Å². The Balaban J connectivity index is 1.42. The zero-order chi connectivity index (χ0) is 31.5. The quantitative estimate of drug-likeness (QED) is 0.0675. The van der Waals surface area contributed by atoms with Gasteiger partial charge in [-0.1, -0.05) is 54.6 Å². The first-order valence-electron chi connectivity index (χ1n) is 13.9. The monoisotopic (exact) mass is 604 g/mol. The smallest absolute Gasteiger partial charge is 0.338 e. The van der Waals surface area contributed by atoms with E-state index in [0.717, 1.165) is 28.3 Å². The molecular formula is C34H34F2N2O6. The number of aliphatic hydroxyl groups is 1. The highest BCUT2D eigenvalue weighted by atomic mass is 19.1. The van der Waals surface area contributed by atoms with Crippen LogP contribution in [0.1, 0.15) is 21.5 Å². The number of aliphatic imine (C=N–C) groups is 1. The number of hydrogen-bond acceptors (Lipinski definition) is 8. The van der Waals surface area contributed by atoms with Crippen molar-refractivity contribution >= 4 is 24.1 Å². The lowest BCUT2D eigenvalue weighted by Gasteiger charge is -2.15. The third kappa shape index (κ3) is 8.04. The molecule has 8 nitrogen and oxygen atoms in total. The highest BCUT2D eigenvalue weighted by molar-refractivity contribution is 5.91. The molecule has 0 aliphatic heterocycles. The molecule has 0 saturated heterocycles. The lowest BCUT2D eigenvalue weighted by Crippen LogP contribution is -2.11. The van der Waals surface area contributed by atoms with E-state index in [4.69, 9.17) is 24.1 Å². The van der Waals surface area contributed by atoms with Crippen molar-refractivity contribution in [3.05, 3.63) is 101 Å². The second-order valence-corrected chi connectivity index (χ2v) is 9.70. The molecule has 4 rings (SSSR count). The van der Waals surface area contributed by atoms with Gasteiger partial charge in [-0.05, 0) is 53.6 Å². The molecule has 4 aromatic rings. The summed E-state index contributed by atoms with van der Waals surface area (Å²) in [6.45, 7) is 6.63. The van der Waals surface area contributed by atoms with Gasteiger partial charge in [0.15, 0.2) is 12.5 Å². The van der Waals surface area contributed by atoms with E-state index >= 15 is 8.78 Å². The fourth-order valence-corrected chi connectivity index (χ4v) is 4.48. The predicted octanol–water partition coefficient (Wildman–Crippen LogP) is 6.70. The third-order valence-electron chi connectivity index (χ3n) is 6.80. The number of halogens is 2. The van der Waals surface area contributed by atoms with Crippen LogP contribution in [0, 0.1) is 18.6 Å². The van der Waals surface area contributed by atoms with Crippen LogP contribution in [0.25, 0.3) is 22.3 Å². The third-order valence-corrected chi connectivity index (χ3v) is 6.80. The molecule has 0 heterocycles. The number of aryl methyl sites for hydroxylation is 1. The number of anilines is 1. The number of ether oxygens (including phenoxy) is 4. The van der Waals surface area contributed by atoms with Crippen LogP contribution < -0.4 is 10.1 Å². The molecule has 0 atom stereocenters. The molecule has 0 saturated carbocycles. The van der Waals surface area contributed by atoms with Crippen molar-refractivity contribution in [2.75, 3.05) is 45.6 Å². The minimum absolute atomic E-state index is 0.0162. The van der Waals surface area contributed by atoms with Crippen LogP contribution in [0.2, 0.25) is 0 Å². The summed E-state index contributed by atoms with van der Waals surface area (Å²) in [5.41, 5.74) is 3.93. The van der Waals surface area contributed by atoms with Gasteiger partial charge >= 0.3 is 5.97 Å². The van der Waals surface area contributed by atoms with Crippen LogP contribution in [0.15, 0.2) is 77.8 Å². The summed E-state index contributed by atoms with van der Waals surface area (Å²) in [7, 11) is 1.29. The molecule has 10 heteroatoms. The van der Waals surface area contributed by atoms with E-state index in [1.165, 1.54) is 13.2 Å². The van der Waals surface area contributed by atoms with Crippen LogP contribution in [0.3, 0.4) is 0 Å². The molecule has 0 aliphatic carbocycles. The van der Waals surface area contributed by atoms with Crippen molar-refractivity contribution in [3.63, 3.8) is 0 Å². The maximum Gasteiger partial charge on any atom is 0.338 e. The maximum absolute atomic E-state index is 15.6. The van der Waals surface area contributed by atoms with Gasteiger partial charge in [0.1, 0.15) is 17.3 Å². The normalized spacial score (nSPS) is 10.8. The van der Waals surface area contributed by atoms with Crippen molar-refractivity contribution in [3.8, 4) is 28.0 Å². The first kappa shape index (κ1) is 32.3. The molecule has 0 aliphatic rings. The molecule has 4 aromatic carbocycles. The molecule has 44 heavy (non-hydrogen) atoms. The van der Waals surface area contributed by atoms with Gasteiger partial charge in [-0.3, -0.25) is 4.99 Å². The Labute approximate surface area is 254 Å². The minimum atomic E-state index is -0.857. The Morgan fingerprint density at radius 3 is 2.23 bits per heavy atom. The van der Waals surface area contributed by atoms with Crippen molar-refractivity contribution < 1.29 is 37.6 Å². The molecule has 230 valence electrons. The van der Waals surface area contributed by atoms with Crippen molar-refractivity contribution in [1.29, 1.82) is 0 Å². The van der Waals surface area contributed by atoms with Gasteiger partial charge in [0.2, 0.25) is 0 Å². The standard InChI is InChI=1S/C34H34F2N2O6/c1-22-4-13-27(18-28(22)34(40)41-3)44-21-38-30-19-29(35)31(32(36)33(30)37-2)26-11-9-25(10-12-26)24-7-5-23(6-8-24)20-43-17-16-42-15-14-39/h4-13,18-19,38-39H,2,14-17,20-21H2,1,3H3. The Morgan fingerprint density at radius 1 is 0.909 bits per heavy atom. The zero-order valence-corrected chi connectivity index (χ0v) is 24.6. The van der Waals surface area contributed by atoms with E-state index in [9.17, 15) is 4.79 Å². The summed E-state index contributed by atoms with van der Waals surface area (Å²) < 4.78 is 52.0. The molecule has 2 N–H and O–H groups in total. The largest absolute Gasteiger partial charge is 0.473 e. The number of benzene rings is 4. The second kappa shape index (κ2) is 15.7. The van der Waals surface area contributed by atoms with Crippen LogP contribution >= 0.6 is 0 Å². The van der Waals surface area contributed by atoms with Gasteiger partial charge in [0.25, 0.3) is 0 Å². The molecule has 0 bridgehead atoms. The van der Waals surface area contributed by atoms with Crippen molar-refractivity contribution in [2.45, 2.75) is 13.5 Å². The van der Waals surface area contributed by atoms with Crippen molar-refractivity contribution in [1.82, 2.24) is 0 Å². The lowest BCUT2D eigenvalue weighted by atomic mass is 9.98. The van der Waals surface area contributed by atoms with Crippen LogP contribution in [0.4, 0.5) is 20.2 Å². The first-order chi connectivity index (χ1) is 21.4. The average Bonchev–Trinajstić information content (AvgIpc) is 3.04. The van der Waals surface area contributed by atoms with Crippen LogP contribution in [-0.4, -0.2) is 58.1 Å². The Hall–Kier alpha value is -4.64. The molecule has 0 fully saturated rings. The summed E-state index contributed by atoms with van der Waals surface area (Å²) in [5.74, 6) is -1.76. The van der Waals surface area contributed by atoms with Crippen molar-refractivity contribution in [2.24, 2.45) is 4.99 Å². The summed E-state index contributed by atoms with van der Waals surface area (Å²) in [6, 6.07) is 20.8. The van der Waals surface area contributed by atoms with E-state index < -0.39 is 17.6 Å². The number of nitrogens with one attached hydrogen (secondary N) is 1. The Bertz CT molecular complexity index is 1580. The summed E-state index contributed by atoms with van der Waals surface area (Å²) in [6.07, 6.45) is 0. The fraction of sp³-hybridized carbons (Fsp3) is 0.235. The number of methoxy groups -OCH3 is 1. The molecule has 0 unspecified atom stereocenters. The van der Waals surface area contributed by atoms with Gasteiger partial charge in [-0.25, -0.2) is 13.6 Å². The number of rotatable bonds is 15. The van der Waals surface area contributed by atoms with E-state index in [1.807, 2.05) is 24.3 Å². The zero-order valence-electron chi connectivity index (χ0n) is 24.6. The number of hydrogen-bond donors (Lipinski definition) is 2. The summed E-state index contributed by atoms with van der Waals surface area (Å²) in [4.78, 5) is 15.7.